The molecule has 0 fully saturated rings. The Morgan fingerprint density at radius 1 is 1.04 bits per heavy atom. The van der Waals surface area contributed by atoms with E-state index >= 15 is 0 Å². The fraction of sp³-hybridized carbons (Fsp3) is 0.176. The summed E-state index contributed by atoms with van der Waals surface area (Å²) in [5.41, 5.74) is -0.144. The Labute approximate surface area is 146 Å². The van der Waals surface area contributed by atoms with Gasteiger partial charge >= 0.3 is 12.1 Å². The Balaban J connectivity index is 1.81. The molecule has 4 nitrogen and oxygen atoms in total. The second kappa shape index (κ2) is 8.02. The molecule has 2 aromatic carbocycles. The van der Waals surface area contributed by atoms with Crippen LogP contribution in [0.2, 0.25) is 5.02 Å². The average Bonchev–Trinajstić information content (AvgIpc) is 2.58. The Bertz CT molecular complexity index is 760. The average molecular weight is 372 g/mol. The number of esters is 1. The second-order valence-corrected chi connectivity index (χ2v) is 5.43. The number of amides is 1. The number of rotatable bonds is 5. The molecule has 1 amide bonds. The summed E-state index contributed by atoms with van der Waals surface area (Å²) in [7, 11) is 0. The lowest BCUT2D eigenvalue weighted by Crippen LogP contribution is -2.28. The summed E-state index contributed by atoms with van der Waals surface area (Å²) in [6, 6.07) is 10.6. The number of carbonyl (C=O) groups excluding carboxylic acids is 2. The topological polar surface area (TPSA) is 55.4 Å². The Kier molecular flexibility index (Phi) is 6.03. The summed E-state index contributed by atoms with van der Waals surface area (Å²) >= 11 is 5.84. The van der Waals surface area contributed by atoms with Crippen LogP contribution in [0.5, 0.6) is 0 Å². The van der Waals surface area contributed by atoms with Crippen molar-refractivity contribution in [2.24, 2.45) is 0 Å². The number of hydrogen-bond donors (Lipinski definition) is 1. The molecule has 132 valence electrons. The van der Waals surface area contributed by atoms with Crippen LogP contribution in [-0.2, 0) is 22.3 Å². The van der Waals surface area contributed by atoms with Crippen molar-refractivity contribution in [3.05, 3.63) is 70.2 Å². The fourth-order valence-corrected chi connectivity index (χ4v) is 2.11. The molecule has 0 radical (unpaired) electrons. The Hall–Kier alpha value is -2.54. The maximum atomic E-state index is 12.5. The minimum atomic E-state index is -4.41. The molecule has 25 heavy (non-hydrogen) atoms. The number of halogens is 4. The maximum absolute atomic E-state index is 12.5. The molecule has 2 aromatic rings. The summed E-state index contributed by atoms with van der Waals surface area (Å²) in [5.74, 6) is -1.32. The van der Waals surface area contributed by atoms with E-state index in [1.165, 1.54) is 24.3 Å². The van der Waals surface area contributed by atoms with E-state index in [1.807, 2.05) is 0 Å². The van der Waals surface area contributed by atoms with Crippen molar-refractivity contribution in [3.63, 3.8) is 0 Å². The monoisotopic (exact) mass is 371 g/mol. The van der Waals surface area contributed by atoms with E-state index in [-0.39, 0.29) is 17.1 Å². The normalized spacial score (nSPS) is 11.0. The van der Waals surface area contributed by atoms with Crippen molar-refractivity contribution in [3.8, 4) is 0 Å². The SMILES string of the molecule is O=C(COC(=O)c1ccccc1Cl)NCc1ccc(C(F)(F)F)cc1. The molecule has 0 spiro atoms. The molecule has 0 unspecified atom stereocenters. The first-order valence-electron chi connectivity index (χ1n) is 7.12. The summed E-state index contributed by atoms with van der Waals surface area (Å²) in [5, 5.41) is 2.65. The van der Waals surface area contributed by atoms with Gasteiger partial charge in [0.2, 0.25) is 0 Å². The second-order valence-electron chi connectivity index (χ2n) is 5.03. The zero-order valence-corrected chi connectivity index (χ0v) is 13.5. The largest absolute Gasteiger partial charge is 0.452 e. The van der Waals surface area contributed by atoms with Crippen LogP contribution in [0.15, 0.2) is 48.5 Å². The molecule has 0 aliphatic carbocycles. The van der Waals surface area contributed by atoms with Gasteiger partial charge in [-0.2, -0.15) is 13.2 Å². The van der Waals surface area contributed by atoms with Crippen LogP contribution in [0.25, 0.3) is 0 Å². The molecule has 0 heterocycles. The summed E-state index contributed by atoms with van der Waals surface area (Å²) in [4.78, 5) is 23.4. The third kappa shape index (κ3) is 5.49. The number of alkyl halides is 3. The molecule has 0 bridgehead atoms. The Morgan fingerprint density at radius 2 is 1.68 bits per heavy atom. The molecule has 0 saturated carbocycles. The minimum Gasteiger partial charge on any atom is -0.452 e. The highest BCUT2D eigenvalue weighted by Gasteiger charge is 2.29. The van der Waals surface area contributed by atoms with Crippen LogP contribution >= 0.6 is 11.6 Å². The van der Waals surface area contributed by atoms with Gasteiger partial charge in [0.15, 0.2) is 6.61 Å². The third-order valence-corrected chi connectivity index (χ3v) is 3.53. The lowest BCUT2D eigenvalue weighted by molar-refractivity contribution is -0.137. The van der Waals surface area contributed by atoms with E-state index in [0.717, 1.165) is 12.1 Å². The molecule has 0 atom stereocenters. The summed E-state index contributed by atoms with van der Waals surface area (Å²) in [6.07, 6.45) is -4.41. The van der Waals surface area contributed by atoms with Crippen LogP contribution in [-0.4, -0.2) is 18.5 Å². The zero-order chi connectivity index (χ0) is 18.4. The van der Waals surface area contributed by atoms with E-state index < -0.39 is 30.2 Å². The van der Waals surface area contributed by atoms with Crippen molar-refractivity contribution in [2.45, 2.75) is 12.7 Å². The van der Waals surface area contributed by atoms with Crippen LogP contribution in [0, 0.1) is 0 Å². The lowest BCUT2D eigenvalue weighted by atomic mass is 10.1. The van der Waals surface area contributed by atoms with Crippen molar-refractivity contribution in [1.82, 2.24) is 5.32 Å². The first-order valence-corrected chi connectivity index (χ1v) is 7.49. The van der Waals surface area contributed by atoms with E-state index in [2.05, 4.69) is 5.32 Å². The number of benzene rings is 2. The van der Waals surface area contributed by atoms with E-state index in [0.29, 0.717) is 5.56 Å². The molecule has 0 saturated heterocycles. The highest BCUT2D eigenvalue weighted by atomic mass is 35.5. The van der Waals surface area contributed by atoms with Gasteiger partial charge in [-0.1, -0.05) is 35.9 Å². The standard InChI is InChI=1S/C17H13ClF3NO3/c18-14-4-2-1-3-13(14)16(24)25-10-15(23)22-9-11-5-7-12(8-6-11)17(19,20)21/h1-8H,9-10H2,(H,22,23). The molecule has 0 aliphatic rings. The number of hydrogen-bond acceptors (Lipinski definition) is 3. The molecule has 0 aromatic heterocycles. The van der Waals surface area contributed by atoms with E-state index in [4.69, 9.17) is 16.3 Å². The highest BCUT2D eigenvalue weighted by molar-refractivity contribution is 6.33. The number of nitrogens with one attached hydrogen (secondary N) is 1. The van der Waals surface area contributed by atoms with Crippen molar-refractivity contribution in [1.29, 1.82) is 0 Å². The molecular weight excluding hydrogens is 359 g/mol. The van der Waals surface area contributed by atoms with Gasteiger partial charge in [0.1, 0.15) is 0 Å². The molecule has 8 heteroatoms. The summed E-state index contributed by atoms with van der Waals surface area (Å²) in [6.45, 7) is -0.509. The predicted molar refractivity (Wildman–Crippen MR) is 85.0 cm³/mol. The minimum absolute atomic E-state index is 0.0145. The first-order chi connectivity index (χ1) is 11.8. The molecule has 2 rings (SSSR count). The zero-order valence-electron chi connectivity index (χ0n) is 12.8. The van der Waals surface area contributed by atoms with Gasteiger partial charge in [0, 0.05) is 6.54 Å². The first kappa shape index (κ1) is 18.8. The highest BCUT2D eigenvalue weighted by Crippen LogP contribution is 2.29. The predicted octanol–water partition coefficient (Wildman–Crippen LogP) is 3.83. The fourth-order valence-electron chi connectivity index (χ4n) is 1.90. The van der Waals surface area contributed by atoms with Crippen LogP contribution in [0.3, 0.4) is 0 Å². The van der Waals surface area contributed by atoms with Crippen LogP contribution in [0.4, 0.5) is 13.2 Å². The van der Waals surface area contributed by atoms with Crippen molar-refractivity contribution < 1.29 is 27.5 Å². The Morgan fingerprint density at radius 3 is 2.28 bits per heavy atom. The van der Waals surface area contributed by atoms with Gasteiger partial charge in [-0.25, -0.2) is 4.79 Å². The van der Waals surface area contributed by atoms with Crippen molar-refractivity contribution in [2.75, 3.05) is 6.61 Å². The number of ether oxygens (including phenoxy) is 1. The van der Waals surface area contributed by atoms with E-state index in [1.54, 1.807) is 12.1 Å². The van der Waals surface area contributed by atoms with E-state index in [9.17, 15) is 22.8 Å². The van der Waals surface area contributed by atoms with Gasteiger partial charge in [-0.3, -0.25) is 4.79 Å². The lowest BCUT2D eigenvalue weighted by Gasteiger charge is -2.09. The van der Waals surface area contributed by atoms with Gasteiger partial charge in [-0.05, 0) is 29.8 Å². The van der Waals surface area contributed by atoms with Crippen LogP contribution in [0.1, 0.15) is 21.5 Å². The van der Waals surface area contributed by atoms with Crippen LogP contribution < -0.4 is 5.32 Å². The molecule has 1 N–H and O–H groups in total. The molecule has 0 aliphatic heterocycles. The maximum Gasteiger partial charge on any atom is 0.416 e. The van der Waals surface area contributed by atoms with Gasteiger partial charge in [0.05, 0.1) is 16.1 Å². The molecular formula is C17H13ClF3NO3. The summed E-state index contributed by atoms with van der Waals surface area (Å²) < 4.78 is 42.2. The third-order valence-electron chi connectivity index (χ3n) is 3.20. The van der Waals surface area contributed by atoms with Gasteiger partial charge < -0.3 is 10.1 Å². The van der Waals surface area contributed by atoms with Gasteiger partial charge in [0.25, 0.3) is 5.91 Å². The quantitative estimate of drug-likeness (QED) is 0.813. The van der Waals surface area contributed by atoms with Gasteiger partial charge in [-0.15, -0.1) is 0 Å². The number of carbonyl (C=O) groups is 2. The smallest absolute Gasteiger partial charge is 0.416 e. The van der Waals surface area contributed by atoms with Crippen molar-refractivity contribution >= 4 is 23.5 Å².